The van der Waals surface area contributed by atoms with Crippen LogP contribution < -0.4 is 15.5 Å². The van der Waals surface area contributed by atoms with Crippen molar-refractivity contribution in [1.82, 2.24) is 4.90 Å². The first-order chi connectivity index (χ1) is 14.4. The average molecular weight is 413 g/mol. The molecule has 30 heavy (non-hydrogen) atoms. The number of hydrogen-bond acceptors (Lipinski definition) is 3. The Hall–Kier alpha value is -3.26. The van der Waals surface area contributed by atoms with Gasteiger partial charge in [-0.2, -0.15) is 0 Å². The second kappa shape index (κ2) is 9.98. The number of nitrogens with zero attached hydrogens (tertiary/aromatic N) is 1. The average Bonchev–Trinajstić information content (AvgIpc) is 2.71. The van der Waals surface area contributed by atoms with Gasteiger partial charge < -0.3 is 20.4 Å². The van der Waals surface area contributed by atoms with Gasteiger partial charge in [0.25, 0.3) is 5.91 Å². The van der Waals surface area contributed by atoms with E-state index in [0.29, 0.717) is 50.5 Å². The molecular formula is C22H26FN4O3+. The summed E-state index contributed by atoms with van der Waals surface area (Å²) in [5, 5.41) is 5.47. The van der Waals surface area contributed by atoms with Crippen molar-refractivity contribution in [1.29, 1.82) is 0 Å². The van der Waals surface area contributed by atoms with Gasteiger partial charge in [0.15, 0.2) is 6.54 Å². The zero-order valence-electron chi connectivity index (χ0n) is 16.9. The molecule has 0 unspecified atom stereocenters. The largest absolute Gasteiger partial charge is 0.331 e. The van der Waals surface area contributed by atoms with E-state index in [1.54, 1.807) is 12.1 Å². The van der Waals surface area contributed by atoms with Crippen LogP contribution in [0, 0.1) is 5.82 Å². The molecule has 1 fully saturated rings. The Morgan fingerprint density at radius 3 is 2.10 bits per heavy atom. The number of piperazine rings is 1. The predicted molar refractivity (Wildman–Crippen MR) is 112 cm³/mol. The minimum absolute atomic E-state index is 0.0529. The first kappa shape index (κ1) is 21.4. The fourth-order valence-electron chi connectivity index (χ4n) is 3.41. The Balaban J connectivity index is 1.42. The molecule has 0 atom stereocenters. The Morgan fingerprint density at radius 1 is 0.933 bits per heavy atom. The molecule has 2 aromatic rings. The van der Waals surface area contributed by atoms with Crippen LogP contribution in [0.15, 0.2) is 48.5 Å². The molecule has 1 aliphatic rings. The monoisotopic (exact) mass is 413 g/mol. The number of carbonyl (C=O) groups excluding carboxylic acids is 3. The Labute approximate surface area is 174 Å². The summed E-state index contributed by atoms with van der Waals surface area (Å²) >= 11 is 0. The third-order valence-electron chi connectivity index (χ3n) is 4.99. The van der Waals surface area contributed by atoms with Crippen molar-refractivity contribution in [3.63, 3.8) is 0 Å². The Kier molecular flexibility index (Phi) is 7.13. The maximum absolute atomic E-state index is 12.9. The van der Waals surface area contributed by atoms with Crippen LogP contribution in [0.5, 0.6) is 0 Å². The molecule has 3 rings (SSSR count). The van der Waals surface area contributed by atoms with Gasteiger partial charge in [-0.1, -0.05) is 12.1 Å². The maximum atomic E-state index is 12.9. The lowest BCUT2D eigenvalue weighted by atomic mass is 10.1. The molecular weight excluding hydrogens is 387 g/mol. The number of rotatable bonds is 6. The van der Waals surface area contributed by atoms with E-state index in [1.807, 2.05) is 17.0 Å². The summed E-state index contributed by atoms with van der Waals surface area (Å²) in [5.74, 6) is -0.554. The van der Waals surface area contributed by atoms with Crippen molar-refractivity contribution in [3.05, 3.63) is 59.9 Å². The summed E-state index contributed by atoms with van der Waals surface area (Å²) in [6.45, 7) is 4.35. The zero-order chi connectivity index (χ0) is 21.5. The van der Waals surface area contributed by atoms with Gasteiger partial charge in [-0.05, 0) is 42.0 Å². The summed E-state index contributed by atoms with van der Waals surface area (Å²) in [7, 11) is 0. The molecule has 158 valence electrons. The van der Waals surface area contributed by atoms with Gasteiger partial charge >= 0.3 is 0 Å². The van der Waals surface area contributed by atoms with Gasteiger partial charge in [0.2, 0.25) is 11.8 Å². The summed E-state index contributed by atoms with van der Waals surface area (Å²) < 4.78 is 12.9. The summed E-state index contributed by atoms with van der Waals surface area (Å²) in [4.78, 5) is 38.7. The Bertz CT molecular complexity index is 892. The number of carbonyl (C=O) groups is 3. The molecule has 1 heterocycles. The van der Waals surface area contributed by atoms with Crippen LogP contribution in [-0.2, 0) is 20.8 Å². The van der Waals surface area contributed by atoms with E-state index < -0.39 is 0 Å². The van der Waals surface area contributed by atoms with Gasteiger partial charge in [-0.25, -0.2) is 4.39 Å². The van der Waals surface area contributed by atoms with E-state index in [-0.39, 0.29) is 23.5 Å². The summed E-state index contributed by atoms with van der Waals surface area (Å²) in [5.41, 5.74) is 2.16. The predicted octanol–water partition coefficient (Wildman–Crippen LogP) is 0.692. The van der Waals surface area contributed by atoms with Crippen molar-refractivity contribution in [3.8, 4) is 0 Å². The van der Waals surface area contributed by atoms with Gasteiger partial charge in [-0.15, -0.1) is 0 Å². The van der Waals surface area contributed by atoms with Crippen LogP contribution in [0.2, 0.25) is 0 Å². The number of amides is 3. The van der Waals surface area contributed by atoms with E-state index >= 15 is 0 Å². The van der Waals surface area contributed by atoms with Crippen molar-refractivity contribution in [2.45, 2.75) is 13.3 Å². The lowest BCUT2D eigenvalue weighted by Gasteiger charge is -2.32. The quantitative estimate of drug-likeness (QED) is 0.652. The molecule has 8 heteroatoms. The molecule has 0 spiro atoms. The second-order valence-electron chi connectivity index (χ2n) is 7.42. The van der Waals surface area contributed by atoms with Crippen LogP contribution in [0.25, 0.3) is 0 Å². The molecule has 0 bridgehead atoms. The van der Waals surface area contributed by atoms with Crippen LogP contribution in [0.4, 0.5) is 15.8 Å². The third kappa shape index (κ3) is 6.38. The number of halogens is 1. The first-order valence-corrected chi connectivity index (χ1v) is 9.92. The zero-order valence-corrected chi connectivity index (χ0v) is 16.9. The van der Waals surface area contributed by atoms with Crippen LogP contribution in [0.1, 0.15) is 12.5 Å². The molecule has 7 nitrogen and oxygen atoms in total. The lowest BCUT2D eigenvalue weighted by Crippen LogP contribution is -3.15. The molecule has 1 aliphatic heterocycles. The topological polar surface area (TPSA) is 83.0 Å². The number of hydrogen-bond donors (Lipinski definition) is 3. The van der Waals surface area contributed by atoms with Gasteiger partial charge in [0, 0.05) is 18.3 Å². The highest BCUT2D eigenvalue weighted by Gasteiger charge is 2.25. The second-order valence-corrected chi connectivity index (χ2v) is 7.42. The van der Waals surface area contributed by atoms with Crippen molar-refractivity contribution < 1.29 is 23.7 Å². The molecule has 3 N–H and O–H groups in total. The van der Waals surface area contributed by atoms with E-state index in [9.17, 15) is 18.8 Å². The molecule has 2 aromatic carbocycles. The highest BCUT2D eigenvalue weighted by Crippen LogP contribution is 2.11. The van der Waals surface area contributed by atoms with E-state index in [0.717, 1.165) is 10.5 Å². The standard InChI is InChI=1S/C22H25FN4O3/c1-16(28)24-19-6-2-17(3-7-19)14-22(30)27-12-10-26(11-13-27)15-21(29)25-20-8-4-18(23)5-9-20/h2-9H,10-15H2,1H3,(H,24,28)(H,25,29)/p+1. The van der Waals surface area contributed by atoms with Crippen LogP contribution in [0.3, 0.4) is 0 Å². The number of benzene rings is 2. The highest BCUT2D eigenvalue weighted by atomic mass is 19.1. The fraction of sp³-hybridized carbons (Fsp3) is 0.318. The number of nitrogens with one attached hydrogen (secondary N) is 3. The van der Waals surface area contributed by atoms with Crippen LogP contribution >= 0.6 is 0 Å². The van der Waals surface area contributed by atoms with Crippen molar-refractivity contribution >= 4 is 29.1 Å². The van der Waals surface area contributed by atoms with E-state index in [1.165, 1.54) is 31.2 Å². The molecule has 0 aromatic heterocycles. The summed E-state index contributed by atoms with van der Waals surface area (Å²) in [6.07, 6.45) is 0.306. The van der Waals surface area contributed by atoms with Gasteiger partial charge in [0.05, 0.1) is 32.6 Å². The molecule has 0 aliphatic carbocycles. The molecule has 1 saturated heterocycles. The minimum Gasteiger partial charge on any atom is -0.331 e. The number of anilines is 2. The van der Waals surface area contributed by atoms with E-state index in [2.05, 4.69) is 10.6 Å². The van der Waals surface area contributed by atoms with Crippen LogP contribution in [-0.4, -0.2) is 55.3 Å². The maximum Gasteiger partial charge on any atom is 0.279 e. The first-order valence-electron chi connectivity index (χ1n) is 9.92. The number of quaternary nitrogens is 1. The van der Waals surface area contributed by atoms with Crippen molar-refractivity contribution in [2.24, 2.45) is 0 Å². The highest BCUT2D eigenvalue weighted by molar-refractivity contribution is 5.91. The Morgan fingerprint density at radius 2 is 1.50 bits per heavy atom. The van der Waals surface area contributed by atoms with E-state index in [4.69, 9.17) is 0 Å². The smallest absolute Gasteiger partial charge is 0.279 e. The summed E-state index contributed by atoms with van der Waals surface area (Å²) in [6, 6.07) is 12.9. The molecule has 0 saturated carbocycles. The SMILES string of the molecule is CC(=O)Nc1ccc(CC(=O)N2CC[NH+](CC(=O)Nc3ccc(F)cc3)CC2)cc1. The minimum atomic E-state index is -0.344. The molecule has 3 amide bonds. The van der Waals surface area contributed by atoms with Crippen molar-refractivity contribution in [2.75, 3.05) is 43.4 Å². The normalized spacial score (nSPS) is 14.3. The third-order valence-corrected chi connectivity index (χ3v) is 4.99. The molecule has 0 radical (unpaired) electrons. The van der Waals surface area contributed by atoms with Gasteiger partial charge in [-0.3, -0.25) is 14.4 Å². The lowest BCUT2D eigenvalue weighted by molar-refractivity contribution is -0.895. The van der Waals surface area contributed by atoms with Gasteiger partial charge in [0.1, 0.15) is 5.82 Å². The fourth-order valence-corrected chi connectivity index (χ4v) is 3.41.